The lowest BCUT2D eigenvalue weighted by atomic mass is 10.5. The van der Waals surface area contributed by atoms with E-state index in [-0.39, 0.29) is 0 Å². The van der Waals surface area contributed by atoms with E-state index in [0.29, 0.717) is 0 Å². The standard InChI is InChI=1S/C9H12N4S/c1(3-13-4-2-11-7-13)10-5-9-6-12-8-14-9/h2,4,6-8,10H,1,3,5H2. The summed E-state index contributed by atoms with van der Waals surface area (Å²) in [5.74, 6) is 0. The van der Waals surface area contributed by atoms with E-state index in [1.807, 2.05) is 24.2 Å². The molecule has 1 N–H and O–H groups in total. The smallest absolute Gasteiger partial charge is 0.0946 e. The predicted molar refractivity (Wildman–Crippen MR) is 56.0 cm³/mol. The molecule has 0 unspecified atom stereocenters. The summed E-state index contributed by atoms with van der Waals surface area (Å²) in [5.41, 5.74) is 1.85. The third-order valence-electron chi connectivity index (χ3n) is 1.89. The van der Waals surface area contributed by atoms with Crippen molar-refractivity contribution in [3.63, 3.8) is 0 Å². The van der Waals surface area contributed by atoms with Gasteiger partial charge in [-0.25, -0.2) is 4.98 Å². The van der Waals surface area contributed by atoms with Gasteiger partial charge in [-0.1, -0.05) is 0 Å². The summed E-state index contributed by atoms with van der Waals surface area (Å²) in [7, 11) is 0. The minimum Gasteiger partial charge on any atom is -0.336 e. The van der Waals surface area contributed by atoms with Gasteiger partial charge in [0.2, 0.25) is 0 Å². The second-order valence-electron chi connectivity index (χ2n) is 2.95. The van der Waals surface area contributed by atoms with Crippen LogP contribution in [0.3, 0.4) is 0 Å². The highest BCUT2D eigenvalue weighted by atomic mass is 32.1. The minimum absolute atomic E-state index is 0.902. The molecule has 2 heterocycles. The molecule has 0 spiro atoms. The fourth-order valence-electron chi connectivity index (χ4n) is 1.17. The molecule has 0 aromatic carbocycles. The maximum Gasteiger partial charge on any atom is 0.0946 e. The highest BCUT2D eigenvalue weighted by Crippen LogP contribution is 2.03. The Bertz CT molecular complexity index is 305. The van der Waals surface area contributed by atoms with Gasteiger partial charge in [0.05, 0.1) is 11.8 Å². The molecule has 74 valence electrons. The van der Waals surface area contributed by atoms with Gasteiger partial charge in [0.15, 0.2) is 0 Å². The van der Waals surface area contributed by atoms with Crippen LogP contribution in [-0.4, -0.2) is 21.1 Å². The molecule has 4 nitrogen and oxygen atoms in total. The molecule has 0 bridgehead atoms. The summed E-state index contributed by atoms with van der Waals surface area (Å²) in [6, 6.07) is 0. The largest absolute Gasteiger partial charge is 0.336 e. The lowest BCUT2D eigenvalue weighted by Gasteiger charge is -2.03. The molecule has 0 saturated heterocycles. The summed E-state index contributed by atoms with van der Waals surface area (Å²) in [5, 5.41) is 3.35. The summed E-state index contributed by atoms with van der Waals surface area (Å²) >= 11 is 1.68. The van der Waals surface area contributed by atoms with E-state index in [0.717, 1.165) is 19.6 Å². The Hall–Kier alpha value is -1.20. The molecule has 0 fully saturated rings. The lowest BCUT2D eigenvalue weighted by molar-refractivity contribution is 0.600. The average Bonchev–Trinajstić information content (AvgIpc) is 2.86. The van der Waals surface area contributed by atoms with E-state index in [4.69, 9.17) is 0 Å². The van der Waals surface area contributed by atoms with Crippen molar-refractivity contribution in [1.29, 1.82) is 0 Å². The zero-order valence-electron chi connectivity index (χ0n) is 7.76. The highest BCUT2D eigenvalue weighted by molar-refractivity contribution is 7.09. The van der Waals surface area contributed by atoms with Gasteiger partial charge in [0.1, 0.15) is 0 Å². The molecule has 0 radical (unpaired) electrons. The van der Waals surface area contributed by atoms with Gasteiger partial charge in [-0.3, -0.25) is 4.98 Å². The third kappa shape index (κ3) is 2.65. The molecule has 5 heteroatoms. The van der Waals surface area contributed by atoms with E-state index in [1.165, 1.54) is 4.88 Å². The van der Waals surface area contributed by atoms with Crippen LogP contribution in [0.15, 0.2) is 30.4 Å². The van der Waals surface area contributed by atoms with Crippen LogP contribution in [0.25, 0.3) is 0 Å². The molecule has 0 saturated carbocycles. The van der Waals surface area contributed by atoms with Crippen LogP contribution in [0.5, 0.6) is 0 Å². The zero-order valence-corrected chi connectivity index (χ0v) is 8.57. The van der Waals surface area contributed by atoms with Crippen LogP contribution < -0.4 is 5.32 Å². The Balaban J connectivity index is 1.65. The molecule has 2 aromatic rings. The Kier molecular flexibility index (Phi) is 3.26. The number of nitrogens with zero attached hydrogens (tertiary/aromatic N) is 3. The van der Waals surface area contributed by atoms with Gasteiger partial charge < -0.3 is 9.88 Å². The van der Waals surface area contributed by atoms with Gasteiger partial charge >= 0.3 is 0 Å². The fourth-order valence-corrected chi connectivity index (χ4v) is 1.73. The topological polar surface area (TPSA) is 42.7 Å². The number of hydrogen-bond acceptors (Lipinski definition) is 4. The molecule has 2 rings (SSSR count). The van der Waals surface area contributed by atoms with Gasteiger partial charge in [-0.2, -0.15) is 0 Å². The second-order valence-corrected chi connectivity index (χ2v) is 3.92. The van der Waals surface area contributed by atoms with Crippen LogP contribution in [0.4, 0.5) is 0 Å². The molecular weight excluding hydrogens is 196 g/mol. The first-order chi connectivity index (χ1) is 6.95. The van der Waals surface area contributed by atoms with Crippen molar-refractivity contribution >= 4 is 11.3 Å². The number of imidazole rings is 1. The molecule has 0 aliphatic heterocycles. The minimum atomic E-state index is 0.902. The lowest BCUT2D eigenvalue weighted by Crippen LogP contribution is -2.18. The maximum absolute atomic E-state index is 4.01. The Morgan fingerprint density at radius 1 is 1.43 bits per heavy atom. The quantitative estimate of drug-likeness (QED) is 0.749. The Morgan fingerprint density at radius 3 is 3.14 bits per heavy atom. The van der Waals surface area contributed by atoms with Crippen molar-refractivity contribution in [1.82, 2.24) is 19.9 Å². The van der Waals surface area contributed by atoms with Gasteiger partial charge in [-0.15, -0.1) is 11.3 Å². The summed E-state index contributed by atoms with van der Waals surface area (Å²) < 4.78 is 2.06. The zero-order chi connectivity index (χ0) is 9.64. The average molecular weight is 208 g/mol. The van der Waals surface area contributed by atoms with Crippen LogP contribution in [-0.2, 0) is 13.1 Å². The van der Waals surface area contributed by atoms with Gasteiger partial charge in [0, 0.05) is 43.1 Å². The van der Waals surface area contributed by atoms with E-state index in [1.54, 1.807) is 17.5 Å². The van der Waals surface area contributed by atoms with Crippen molar-refractivity contribution in [2.45, 2.75) is 13.1 Å². The van der Waals surface area contributed by atoms with E-state index in [9.17, 15) is 0 Å². The summed E-state index contributed by atoms with van der Waals surface area (Å²) in [6.45, 7) is 2.81. The van der Waals surface area contributed by atoms with E-state index >= 15 is 0 Å². The molecule has 14 heavy (non-hydrogen) atoms. The van der Waals surface area contributed by atoms with Crippen molar-refractivity contribution in [2.75, 3.05) is 6.54 Å². The fraction of sp³-hybridized carbons (Fsp3) is 0.333. The third-order valence-corrected chi connectivity index (χ3v) is 2.67. The molecule has 0 aliphatic carbocycles. The summed E-state index contributed by atoms with van der Waals surface area (Å²) in [6.07, 6.45) is 7.49. The molecular formula is C9H12N4S. The molecule has 2 aromatic heterocycles. The molecule has 0 aliphatic rings. The van der Waals surface area contributed by atoms with Crippen molar-refractivity contribution < 1.29 is 0 Å². The van der Waals surface area contributed by atoms with Crippen molar-refractivity contribution in [2.24, 2.45) is 0 Å². The van der Waals surface area contributed by atoms with Crippen molar-refractivity contribution in [3.8, 4) is 0 Å². The van der Waals surface area contributed by atoms with E-state index < -0.39 is 0 Å². The van der Waals surface area contributed by atoms with Crippen LogP contribution >= 0.6 is 11.3 Å². The first kappa shape index (κ1) is 9.36. The number of nitrogens with one attached hydrogen (secondary N) is 1. The Morgan fingerprint density at radius 2 is 2.43 bits per heavy atom. The van der Waals surface area contributed by atoms with E-state index in [2.05, 4.69) is 19.9 Å². The monoisotopic (exact) mass is 208 g/mol. The first-order valence-electron chi connectivity index (χ1n) is 4.49. The second kappa shape index (κ2) is 4.88. The maximum atomic E-state index is 4.01. The summed E-state index contributed by atoms with van der Waals surface area (Å²) in [4.78, 5) is 9.27. The number of rotatable bonds is 5. The first-order valence-corrected chi connectivity index (χ1v) is 5.37. The number of aromatic nitrogens is 3. The van der Waals surface area contributed by atoms with Gasteiger partial charge in [-0.05, 0) is 0 Å². The van der Waals surface area contributed by atoms with Crippen LogP contribution in [0.1, 0.15) is 4.88 Å². The number of hydrogen-bond donors (Lipinski definition) is 1. The normalized spacial score (nSPS) is 10.6. The van der Waals surface area contributed by atoms with Gasteiger partial charge in [0.25, 0.3) is 0 Å². The predicted octanol–water partition coefficient (Wildman–Crippen LogP) is 1.13. The highest BCUT2D eigenvalue weighted by Gasteiger charge is 1.93. The molecule has 0 amide bonds. The van der Waals surface area contributed by atoms with Crippen LogP contribution in [0, 0.1) is 0 Å². The SMILES string of the molecule is c1cn(CCNCc2cncs2)cn1. The van der Waals surface area contributed by atoms with Crippen LogP contribution in [0.2, 0.25) is 0 Å². The van der Waals surface area contributed by atoms with Crippen molar-refractivity contribution in [3.05, 3.63) is 35.3 Å². The Labute approximate surface area is 86.6 Å². The number of thiazole rings is 1. The molecule has 0 atom stereocenters.